The summed E-state index contributed by atoms with van der Waals surface area (Å²) < 4.78 is 6.40. The third-order valence-electron chi connectivity index (χ3n) is 2.07. The molecule has 0 spiro atoms. The van der Waals surface area contributed by atoms with Gasteiger partial charge in [-0.2, -0.15) is 0 Å². The molecule has 1 aromatic rings. The van der Waals surface area contributed by atoms with Gasteiger partial charge in [0.25, 0.3) is 0 Å². The van der Waals surface area contributed by atoms with Crippen molar-refractivity contribution in [3.05, 3.63) is 33.8 Å². The highest BCUT2D eigenvalue weighted by Gasteiger charge is 2.24. The van der Waals surface area contributed by atoms with E-state index in [9.17, 15) is 0 Å². The highest BCUT2D eigenvalue weighted by molar-refractivity contribution is 9.10. The van der Waals surface area contributed by atoms with Crippen LogP contribution >= 0.6 is 15.9 Å². The average Bonchev–Trinajstić information content (AvgIpc) is 2.49. The Kier molecular flexibility index (Phi) is 2.17. The fourth-order valence-electron chi connectivity index (χ4n) is 1.49. The molecule has 0 aromatic heterocycles. The van der Waals surface area contributed by atoms with Gasteiger partial charge < -0.3 is 9.84 Å². The summed E-state index contributed by atoms with van der Waals surface area (Å²) in [5, 5.41) is 8.99. The second-order valence-corrected chi connectivity index (χ2v) is 3.65. The van der Waals surface area contributed by atoms with Gasteiger partial charge in [-0.05, 0) is 11.6 Å². The number of aliphatic hydroxyl groups excluding tert-OH is 1. The summed E-state index contributed by atoms with van der Waals surface area (Å²) in [6.45, 7) is 0.662. The van der Waals surface area contributed by atoms with E-state index in [1.54, 1.807) is 0 Å². The van der Waals surface area contributed by atoms with Crippen LogP contribution in [-0.2, 0) is 11.3 Å². The lowest BCUT2D eigenvalue weighted by Crippen LogP contribution is -2.01. The Morgan fingerprint density at radius 1 is 1.58 bits per heavy atom. The lowest BCUT2D eigenvalue weighted by Gasteiger charge is -2.07. The SMILES string of the molecule is OCC1OCc2cccc(Br)c21. The molecule has 1 aromatic carbocycles. The van der Waals surface area contributed by atoms with Crippen LogP contribution in [0.4, 0.5) is 0 Å². The molecular formula is C9H9BrO2. The van der Waals surface area contributed by atoms with Gasteiger partial charge >= 0.3 is 0 Å². The first-order chi connectivity index (χ1) is 5.83. The summed E-state index contributed by atoms with van der Waals surface area (Å²) in [4.78, 5) is 0. The molecule has 1 aliphatic heterocycles. The van der Waals surface area contributed by atoms with Crippen LogP contribution in [0.3, 0.4) is 0 Å². The summed E-state index contributed by atoms with van der Waals surface area (Å²) in [5.41, 5.74) is 2.27. The predicted molar refractivity (Wildman–Crippen MR) is 48.8 cm³/mol. The van der Waals surface area contributed by atoms with E-state index >= 15 is 0 Å². The minimum atomic E-state index is -0.143. The molecule has 3 heteroatoms. The largest absolute Gasteiger partial charge is 0.393 e. The van der Waals surface area contributed by atoms with Crippen molar-refractivity contribution in [1.82, 2.24) is 0 Å². The van der Waals surface area contributed by atoms with Crippen LogP contribution < -0.4 is 0 Å². The molecule has 0 amide bonds. The van der Waals surface area contributed by atoms with Gasteiger partial charge in [0.2, 0.25) is 0 Å². The second kappa shape index (κ2) is 3.17. The molecule has 1 atom stereocenters. The molecule has 0 radical (unpaired) electrons. The fraction of sp³-hybridized carbons (Fsp3) is 0.333. The number of hydrogen-bond acceptors (Lipinski definition) is 2. The van der Waals surface area contributed by atoms with Crippen molar-refractivity contribution in [2.45, 2.75) is 12.7 Å². The zero-order chi connectivity index (χ0) is 8.55. The van der Waals surface area contributed by atoms with Crippen LogP contribution in [-0.4, -0.2) is 11.7 Å². The van der Waals surface area contributed by atoms with Crippen molar-refractivity contribution in [1.29, 1.82) is 0 Å². The van der Waals surface area contributed by atoms with Gasteiger partial charge in [0.15, 0.2) is 0 Å². The fourth-order valence-corrected chi connectivity index (χ4v) is 2.15. The van der Waals surface area contributed by atoms with Gasteiger partial charge in [0, 0.05) is 10.0 Å². The summed E-state index contributed by atoms with van der Waals surface area (Å²) in [6, 6.07) is 5.97. The maximum atomic E-state index is 8.99. The van der Waals surface area contributed by atoms with Crippen molar-refractivity contribution in [3.8, 4) is 0 Å². The van der Waals surface area contributed by atoms with E-state index in [1.165, 1.54) is 5.56 Å². The molecule has 1 N–H and O–H groups in total. The first-order valence-electron chi connectivity index (χ1n) is 3.82. The van der Waals surface area contributed by atoms with Crippen LogP contribution in [0.1, 0.15) is 17.2 Å². The molecule has 0 fully saturated rings. The highest BCUT2D eigenvalue weighted by Crippen LogP contribution is 2.35. The molecule has 0 aliphatic carbocycles. The number of benzene rings is 1. The molecule has 2 rings (SSSR count). The van der Waals surface area contributed by atoms with E-state index in [1.807, 2.05) is 18.2 Å². The van der Waals surface area contributed by atoms with E-state index in [0.29, 0.717) is 6.61 Å². The minimum Gasteiger partial charge on any atom is -0.393 e. The topological polar surface area (TPSA) is 29.5 Å². The van der Waals surface area contributed by atoms with Gasteiger partial charge in [0.05, 0.1) is 13.2 Å². The molecule has 0 saturated heterocycles. The van der Waals surface area contributed by atoms with Crippen LogP contribution in [0, 0.1) is 0 Å². The number of hydrogen-bond donors (Lipinski definition) is 1. The Hall–Kier alpha value is -0.380. The van der Waals surface area contributed by atoms with Crippen LogP contribution in [0.2, 0.25) is 0 Å². The number of fused-ring (bicyclic) bond motifs is 1. The maximum absolute atomic E-state index is 8.99. The molecule has 0 bridgehead atoms. The van der Waals surface area contributed by atoms with Crippen molar-refractivity contribution < 1.29 is 9.84 Å². The molecular weight excluding hydrogens is 220 g/mol. The summed E-state index contributed by atoms with van der Waals surface area (Å²) in [7, 11) is 0. The predicted octanol–water partition coefficient (Wildman–Crippen LogP) is 2.01. The summed E-state index contributed by atoms with van der Waals surface area (Å²) in [5.74, 6) is 0. The van der Waals surface area contributed by atoms with E-state index in [0.717, 1.165) is 10.0 Å². The monoisotopic (exact) mass is 228 g/mol. The number of ether oxygens (including phenoxy) is 1. The third kappa shape index (κ3) is 1.18. The van der Waals surface area contributed by atoms with E-state index in [4.69, 9.17) is 9.84 Å². The maximum Gasteiger partial charge on any atom is 0.107 e. The van der Waals surface area contributed by atoms with Crippen LogP contribution in [0.25, 0.3) is 0 Å². The summed E-state index contributed by atoms with van der Waals surface area (Å²) >= 11 is 3.44. The van der Waals surface area contributed by atoms with Gasteiger partial charge in [-0.15, -0.1) is 0 Å². The highest BCUT2D eigenvalue weighted by atomic mass is 79.9. The Morgan fingerprint density at radius 3 is 3.17 bits per heavy atom. The van der Waals surface area contributed by atoms with Crippen LogP contribution in [0.15, 0.2) is 22.7 Å². The molecule has 1 heterocycles. The first-order valence-corrected chi connectivity index (χ1v) is 4.62. The van der Waals surface area contributed by atoms with Gasteiger partial charge in [-0.3, -0.25) is 0 Å². The Morgan fingerprint density at radius 2 is 2.42 bits per heavy atom. The van der Waals surface area contributed by atoms with Crippen molar-refractivity contribution >= 4 is 15.9 Å². The molecule has 1 aliphatic rings. The van der Waals surface area contributed by atoms with E-state index < -0.39 is 0 Å². The molecule has 0 saturated carbocycles. The van der Waals surface area contributed by atoms with E-state index in [2.05, 4.69) is 15.9 Å². The normalized spacial score (nSPS) is 21.0. The zero-order valence-corrected chi connectivity index (χ0v) is 8.04. The lowest BCUT2D eigenvalue weighted by molar-refractivity contribution is 0.0231. The van der Waals surface area contributed by atoms with Crippen molar-refractivity contribution in [2.24, 2.45) is 0 Å². The van der Waals surface area contributed by atoms with E-state index in [-0.39, 0.29) is 12.7 Å². The van der Waals surface area contributed by atoms with Gasteiger partial charge in [-0.1, -0.05) is 28.1 Å². The second-order valence-electron chi connectivity index (χ2n) is 2.79. The zero-order valence-electron chi connectivity index (χ0n) is 6.46. The van der Waals surface area contributed by atoms with Crippen molar-refractivity contribution in [2.75, 3.05) is 6.61 Å². The lowest BCUT2D eigenvalue weighted by atomic mass is 10.1. The quantitative estimate of drug-likeness (QED) is 0.798. The smallest absolute Gasteiger partial charge is 0.107 e. The number of halogens is 1. The Balaban J connectivity index is 2.48. The molecule has 12 heavy (non-hydrogen) atoms. The molecule has 64 valence electrons. The third-order valence-corrected chi connectivity index (χ3v) is 2.76. The molecule has 2 nitrogen and oxygen atoms in total. The van der Waals surface area contributed by atoms with Gasteiger partial charge in [0.1, 0.15) is 6.10 Å². The first kappa shape index (κ1) is 8.23. The average molecular weight is 229 g/mol. The number of rotatable bonds is 1. The van der Waals surface area contributed by atoms with Crippen LogP contribution in [0.5, 0.6) is 0 Å². The van der Waals surface area contributed by atoms with Crippen molar-refractivity contribution in [3.63, 3.8) is 0 Å². The Bertz CT molecular complexity index is 299. The summed E-state index contributed by atoms with van der Waals surface area (Å²) in [6.07, 6.45) is -0.143. The minimum absolute atomic E-state index is 0.0512. The van der Waals surface area contributed by atoms with Gasteiger partial charge in [-0.25, -0.2) is 0 Å². The number of aliphatic hydroxyl groups is 1. The standard InChI is InChI=1S/C9H9BrO2/c10-7-3-1-2-6-5-12-8(4-11)9(6)7/h1-3,8,11H,4-5H2. The molecule has 1 unspecified atom stereocenters. The Labute approximate surface area is 79.3 Å².